The van der Waals surface area contributed by atoms with Gasteiger partial charge in [-0.3, -0.25) is 0 Å². The summed E-state index contributed by atoms with van der Waals surface area (Å²) < 4.78 is 0. The highest BCUT2D eigenvalue weighted by molar-refractivity contribution is 4.74. The summed E-state index contributed by atoms with van der Waals surface area (Å²) in [5.41, 5.74) is 0. The Bertz CT molecular complexity index is 84.7. The topological polar surface area (TPSA) is 20.2 Å². The SMILES string of the molecule is C=CCC(C)C(CC)CO. The molecule has 0 aliphatic rings. The number of aliphatic hydroxyl groups excluding tert-OH is 1. The van der Waals surface area contributed by atoms with Crippen molar-refractivity contribution in [2.75, 3.05) is 6.61 Å². The maximum Gasteiger partial charge on any atom is 0.0461 e. The summed E-state index contributed by atoms with van der Waals surface area (Å²) in [6.07, 6.45) is 3.99. The lowest BCUT2D eigenvalue weighted by atomic mass is 9.90. The smallest absolute Gasteiger partial charge is 0.0461 e. The molecule has 0 amide bonds. The molecule has 0 aliphatic carbocycles. The molecule has 0 aromatic heterocycles. The minimum absolute atomic E-state index is 0.311. The summed E-state index contributed by atoms with van der Waals surface area (Å²) in [7, 11) is 0. The van der Waals surface area contributed by atoms with Crippen LogP contribution in [0.3, 0.4) is 0 Å². The molecular weight excluding hydrogens is 124 g/mol. The summed E-state index contributed by atoms with van der Waals surface area (Å²) in [6, 6.07) is 0. The molecule has 1 N–H and O–H groups in total. The molecule has 0 saturated heterocycles. The lowest BCUT2D eigenvalue weighted by Gasteiger charge is -2.18. The summed E-state index contributed by atoms with van der Waals surface area (Å²) in [5.74, 6) is 1.03. The highest BCUT2D eigenvalue weighted by atomic mass is 16.3. The van der Waals surface area contributed by atoms with Gasteiger partial charge in [-0.25, -0.2) is 0 Å². The Morgan fingerprint density at radius 1 is 1.60 bits per heavy atom. The molecule has 10 heavy (non-hydrogen) atoms. The van der Waals surface area contributed by atoms with Gasteiger partial charge in [-0.15, -0.1) is 6.58 Å². The monoisotopic (exact) mass is 142 g/mol. The van der Waals surface area contributed by atoms with Crippen molar-refractivity contribution in [3.63, 3.8) is 0 Å². The van der Waals surface area contributed by atoms with Gasteiger partial charge in [-0.2, -0.15) is 0 Å². The van der Waals surface area contributed by atoms with Gasteiger partial charge in [0.15, 0.2) is 0 Å². The zero-order valence-corrected chi connectivity index (χ0v) is 7.01. The molecule has 0 bridgehead atoms. The number of hydrogen-bond acceptors (Lipinski definition) is 1. The first kappa shape index (κ1) is 9.70. The second-order valence-corrected chi connectivity index (χ2v) is 2.85. The van der Waals surface area contributed by atoms with Crippen molar-refractivity contribution < 1.29 is 5.11 Å². The van der Waals surface area contributed by atoms with Gasteiger partial charge in [-0.05, 0) is 18.3 Å². The maximum absolute atomic E-state index is 8.89. The average Bonchev–Trinajstić information content (AvgIpc) is 1.91. The Morgan fingerprint density at radius 3 is 2.50 bits per heavy atom. The second kappa shape index (κ2) is 5.48. The van der Waals surface area contributed by atoms with E-state index in [1.54, 1.807) is 0 Å². The van der Waals surface area contributed by atoms with Crippen molar-refractivity contribution in [2.24, 2.45) is 11.8 Å². The minimum Gasteiger partial charge on any atom is -0.396 e. The second-order valence-electron chi connectivity index (χ2n) is 2.85. The first-order valence-electron chi connectivity index (χ1n) is 3.98. The number of allylic oxidation sites excluding steroid dienone is 1. The molecule has 1 heteroatoms. The molecule has 0 radical (unpaired) electrons. The van der Waals surface area contributed by atoms with Crippen molar-refractivity contribution in [3.05, 3.63) is 12.7 Å². The van der Waals surface area contributed by atoms with Crippen LogP contribution < -0.4 is 0 Å². The van der Waals surface area contributed by atoms with Crippen molar-refractivity contribution in [1.29, 1.82) is 0 Å². The number of aliphatic hydroxyl groups is 1. The fourth-order valence-corrected chi connectivity index (χ4v) is 1.17. The molecule has 0 aromatic carbocycles. The molecule has 0 aliphatic heterocycles. The zero-order valence-electron chi connectivity index (χ0n) is 7.01. The van der Waals surface area contributed by atoms with E-state index in [1.165, 1.54) is 0 Å². The molecule has 0 rings (SSSR count). The van der Waals surface area contributed by atoms with Crippen LogP contribution >= 0.6 is 0 Å². The highest BCUT2D eigenvalue weighted by Gasteiger charge is 2.11. The third kappa shape index (κ3) is 3.02. The molecule has 1 nitrogen and oxygen atoms in total. The van der Waals surface area contributed by atoms with Crippen LogP contribution in [0.15, 0.2) is 12.7 Å². The largest absolute Gasteiger partial charge is 0.396 e. The fourth-order valence-electron chi connectivity index (χ4n) is 1.17. The zero-order chi connectivity index (χ0) is 7.98. The Kier molecular flexibility index (Phi) is 5.32. The predicted octanol–water partition coefficient (Wildman–Crippen LogP) is 2.22. The van der Waals surface area contributed by atoms with Gasteiger partial charge in [0.25, 0.3) is 0 Å². The lowest BCUT2D eigenvalue weighted by Crippen LogP contribution is -2.14. The number of hydrogen-bond donors (Lipinski definition) is 1. The van der Waals surface area contributed by atoms with E-state index in [2.05, 4.69) is 20.4 Å². The van der Waals surface area contributed by atoms with Crippen molar-refractivity contribution >= 4 is 0 Å². The highest BCUT2D eigenvalue weighted by Crippen LogP contribution is 2.17. The minimum atomic E-state index is 0.311. The standard InChI is InChI=1S/C9H18O/c1-4-6-8(3)9(5-2)7-10/h4,8-10H,1,5-7H2,2-3H3. The van der Waals surface area contributed by atoms with Gasteiger partial charge < -0.3 is 5.11 Å². The summed E-state index contributed by atoms with van der Waals surface area (Å²) >= 11 is 0. The molecule has 0 spiro atoms. The quantitative estimate of drug-likeness (QED) is 0.583. The van der Waals surface area contributed by atoms with Crippen LogP contribution in [0.4, 0.5) is 0 Å². The molecule has 0 aromatic rings. The van der Waals surface area contributed by atoms with Crippen LogP contribution in [-0.4, -0.2) is 11.7 Å². The summed E-state index contributed by atoms with van der Waals surface area (Å²) in [6.45, 7) is 8.25. The molecule has 0 saturated carbocycles. The van der Waals surface area contributed by atoms with E-state index in [1.807, 2.05) is 6.08 Å². The van der Waals surface area contributed by atoms with E-state index in [9.17, 15) is 0 Å². The first-order valence-corrected chi connectivity index (χ1v) is 3.98. The van der Waals surface area contributed by atoms with E-state index >= 15 is 0 Å². The van der Waals surface area contributed by atoms with Crippen LogP contribution in [0.1, 0.15) is 26.7 Å². The van der Waals surface area contributed by atoms with Gasteiger partial charge >= 0.3 is 0 Å². The molecular formula is C9H18O. The fraction of sp³-hybridized carbons (Fsp3) is 0.778. The Hall–Kier alpha value is -0.300. The lowest BCUT2D eigenvalue weighted by molar-refractivity contribution is 0.179. The molecule has 2 atom stereocenters. The van der Waals surface area contributed by atoms with E-state index in [0.29, 0.717) is 18.4 Å². The van der Waals surface area contributed by atoms with Crippen molar-refractivity contribution in [1.82, 2.24) is 0 Å². The van der Waals surface area contributed by atoms with E-state index in [4.69, 9.17) is 5.11 Å². The van der Waals surface area contributed by atoms with Crippen LogP contribution in [0.2, 0.25) is 0 Å². The maximum atomic E-state index is 8.89. The Balaban J connectivity index is 3.63. The van der Waals surface area contributed by atoms with Gasteiger partial charge in [0.2, 0.25) is 0 Å². The summed E-state index contributed by atoms with van der Waals surface area (Å²) in [4.78, 5) is 0. The number of rotatable bonds is 5. The normalized spacial score (nSPS) is 16.3. The average molecular weight is 142 g/mol. The third-order valence-electron chi connectivity index (χ3n) is 2.10. The summed E-state index contributed by atoms with van der Waals surface area (Å²) in [5, 5.41) is 8.89. The third-order valence-corrected chi connectivity index (χ3v) is 2.10. The molecule has 0 heterocycles. The van der Waals surface area contributed by atoms with Crippen LogP contribution in [0, 0.1) is 11.8 Å². The van der Waals surface area contributed by atoms with E-state index in [-0.39, 0.29) is 0 Å². The molecule has 2 unspecified atom stereocenters. The van der Waals surface area contributed by atoms with Crippen molar-refractivity contribution in [2.45, 2.75) is 26.7 Å². The molecule has 0 fully saturated rings. The van der Waals surface area contributed by atoms with Gasteiger partial charge in [0.05, 0.1) is 0 Å². The van der Waals surface area contributed by atoms with Crippen LogP contribution in [-0.2, 0) is 0 Å². The van der Waals surface area contributed by atoms with E-state index in [0.717, 1.165) is 12.8 Å². The van der Waals surface area contributed by atoms with Crippen molar-refractivity contribution in [3.8, 4) is 0 Å². The predicted molar refractivity (Wildman–Crippen MR) is 44.8 cm³/mol. The first-order chi connectivity index (χ1) is 4.76. The van der Waals surface area contributed by atoms with Crippen LogP contribution in [0.25, 0.3) is 0 Å². The van der Waals surface area contributed by atoms with E-state index < -0.39 is 0 Å². The van der Waals surface area contributed by atoms with Gasteiger partial charge in [0, 0.05) is 6.61 Å². The van der Waals surface area contributed by atoms with Crippen LogP contribution in [0.5, 0.6) is 0 Å². The Labute approximate surface area is 63.8 Å². The Morgan fingerprint density at radius 2 is 2.20 bits per heavy atom. The van der Waals surface area contributed by atoms with Gasteiger partial charge in [0.1, 0.15) is 0 Å². The van der Waals surface area contributed by atoms with Gasteiger partial charge in [-0.1, -0.05) is 26.3 Å². The molecule has 60 valence electrons.